The van der Waals surface area contributed by atoms with Gasteiger partial charge in [-0.1, -0.05) is 0 Å². The maximum atomic E-state index is 10.1. The van der Waals surface area contributed by atoms with Crippen LogP contribution in [0.2, 0.25) is 0 Å². The molecule has 2 heteroatoms. The fourth-order valence-electron chi connectivity index (χ4n) is 0.291. The summed E-state index contributed by atoms with van der Waals surface area (Å²) in [5, 5.41) is 0. The van der Waals surface area contributed by atoms with Gasteiger partial charge < -0.3 is 4.42 Å². The van der Waals surface area contributed by atoms with Crippen LogP contribution in [-0.4, -0.2) is 0 Å². The van der Waals surface area contributed by atoms with Gasteiger partial charge in [0.25, 0.3) is 0 Å². The average Bonchev–Trinajstić information content (AvgIpc) is 1.69. The fraction of sp³-hybridized carbons (Fsp3) is 0. The van der Waals surface area contributed by atoms with Gasteiger partial charge in [-0.05, 0) is 12.1 Å². The van der Waals surface area contributed by atoms with Crippen LogP contribution in [-0.2, 0) is 0 Å². The van der Waals surface area contributed by atoms with E-state index < -0.39 is 0 Å². The van der Waals surface area contributed by atoms with Crippen molar-refractivity contribution in [2.45, 2.75) is 0 Å². The van der Waals surface area contributed by atoms with Gasteiger partial charge in [-0.25, -0.2) is 4.79 Å². The molecule has 1 aromatic rings. The van der Waals surface area contributed by atoms with E-state index in [2.05, 4.69) is 10.5 Å². The Kier molecular flexibility index (Phi) is 0.941. The first-order valence-corrected chi connectivity index (χ1v) is 1.84. The van der Waals surface area contributed by atoms with E-state index in [-0.39, 0.29) is 5.63 Å². The van der Waals surface area contributed by atoms with E-state index in [4.69, 9.17) is 0 Å². The molecule has 0 bridgehead atoms. The highest BCUT2D eigenvalue weighted by Crippen LogP contribution is 1.70. The van der Waals surface area contributed by atoms with Gasteiger partial charge in [0.1, 0.15) is 0 Å². The second kappa shape index (κ2) is 1.60. The van der Waals surface area contributed by atoms with Gasteiger partial charge in [0, 0.05) is 6.07 Å². The molecule has 1 aromatic heterocycles. The van der Waals surface area contributed by atoms with Crippen molar-refractivity contribution in [2.75, 3.05) is 0 Å². The van der Waals surface area contributed by atoms with Crippen LogP contribution >= 0.6 is 0 Å². The van der Waals surface area contributed by atoms with Crippen molar-refractivity contribution in [2.24, 2.45) is 0 Å². The van der Waals surface area contributed by atoms with E-state index in [0.717, 1.165) is 0 Å². The molecular weight excluding hydrogens is 92.1 g/mol. The van der Waals surface area contributed by atoms with Crippen LogP contribution in [0.3, 0.4) is 0 Å². The topological polar surface area (TPSA) is 30.2 Å². The molecule has 0 aromatic carbocycles. The van der Waals surface area contributed by atoms with E-state index in [1.165, 1.54) is 18.4 Å². The second-order valence-corrected chi connectivity index (χ2v) is 1.05. The molecule has 1 radical (unpaired) electrons. The predicted octanol–water partition coefficient (Wildman–Crippen LogP) is 0.440. The van der Waals surface area contributed by atoms with Crippen molar-refractivity contribution in [1.82, 2.24) is 0 Å². The van der Waals surface area contributed by atoms with E-state index in [1.807, 2.05) is 0 Å². The van der Waals surface area contributed by atoms with Gasteiger partial charge in [-0.15, -0.1) is 0 Å². The zero-order valence-electron chi connectivity index (χ0n) is 3.55. The first-order valence-electron chi connectivity index (χ1n) is 1.84. The van der Waals surface area contributed by atoms with Crippen molar-refractivity contribution in [3.05, 3.63) is 34.9 Å². The van der Waals surface area contributed by atoms with Gasteiger partial charge in [0.15, 0.2) is 0 Å². The van der Waals surface area contributed by atoms with Gasteiger partial charge in [-0.3, -0.25) is 0 Å². The van der Waals surface area contributed by atoms with Gasteiger partial charge in [0.05, 0.1) is 6.26 Å². The van der Waals surface area contributed by atoms with Crippen LogP contribution in [0.5, 0.6) is 0 Å². The Morgan fingerprint density at radius 1 is 1.71 bits per heavy atom. The van der Waals surface area contributed by atoms with E-state index in [1.54, 1.807) is 0 Å². The van der Waals surface area contributed by atoms with Gasteiger partial charge in [0.2, 0.25) is 0 Å². The summed E-state index contributed by atoms with van der Waals surface area (Å²) in [6, 6.07) is 5.32. The smallest absolute Gasteiger partial charge is 0.336 e. The largest absolute Gasteiger partial charge is 0.431 e. The second-order valence-electron chi connectivity index (χ2n) is 1.05. The molecule has 35 valence electrons. The first-order chi connectivity index (χ1) is 3.39. The lowest BCUT2D eigenvalue weighted by atomic mass is 10.5. The summed E-state index contributed by atoms with van der Waals surface area (Å²) in [4.78, 5) is 10.1. The molecule has 0 aliphatic carbocycles. The van der Waals surface area contributed by atoms with Crippen LogP contribution in [0.25, 0.3) is 0 Å². The number of rotatable bonds is 0. The molecule has 0 unspecified atom stereocenters. The lowest BCUT2D eigenvalue weighted by Crippen LogP contribution is -1.90. The zero-order chi connectivity index (χ0) is 5.11. The molecule has 7 heavy (non-hydrogen) atoms. The molecule has 0 saturated carbocycles. The van der Waals surface area contributed by atoms with Gasteiger partial charge in [-0.2, -0.15) is 0 Å². The quantitative estimate of drug-likeness (QED) is 0.468. The summed E-state index contributed by atoms with van der Waals surface area (Å²) < 4.78 is 4.34. The highest BCUT2D eigenvalue weighted by Gasteiger charge is 1.73. The van der Waals surface area contributed by atoms with E-state index in [0.29, 0.717) is 0 Å². The summed E-state index contributed by atoms with van der Waals surface area (Å²) in [5.41, 5.74) is -0.359. The Morgan fingerprint density at radius 3 is 2.86 bits per heavy atom. The Hall–Kier alpha value is -1.05. The summed E-state index contributed by atoms with van der Waals surface area (Å²) in [6.45, 7) is 0. The minimum absolute atomic E-state index is 0.359. The molecule has 0 saturated heterocycles. The Balaban J connectivity index is 3.28. The third-order valence-electron chi connectivity index (χ3n) is 0.550. The maximum Gasteiger partial charge on any atom is 0.336 e. The first kappa shape index (κ1) is 4.12. The lowest BCUT2D eigenvalue weighted by molar-refractivity contribution is 0.510. The van der Waals surface area contributed by atoms with Crippen molar-refractivity contribution in [3.63, 3.8) is 0 Å². The molecule has 2 nitrogen and oxygen atoms in total. The molecule has 0 atom stereocenters. The Bertz CT molecular complexity index is 172. The standard InChI is InChI=1S/C5H3O2/c6-5-3-1-2-4-7-5/h2-4H. The zero-order valence-corrected chi connectivity index (χ0v) is 3.55. The molecule has 1 rings (SSSR count). The van der Waals surface area contributed by atoms with Crippen molar-refractivity contribution < 1.29 is 4.42 Å². The summed E-state index contributed by atoms with van der Waals surface area (Å²) in [7, 11) is 0. The van der Waals surface area contributed by atoms with Crippen molar-refractivity contribution in [1.29, 1.82) is 0 Å². The number of hydrogen-bond acceptors (Lipinski definition) is 2. The monoisotopic (exact) mass is 95.0 g/mol. The molecule has 0 spiro atoms. The lowest BCUT2D eigenvalue weighted by Gasteiger charge is -1.71. The third-order valence-corrected chi connectivity index (χ3v) is 0.550. The summed E-state index contributed by atoms with van der Waals surface area (Å²) in [5.74, 6) is 0. The Labute approximate surface area is 40.4 Å². The highest BCUT2D eigenvalue weighted by atomic mass is 16.4. The van der Waals surface area contributed by atoms with Crippen LogP contribution in [0.4, 0.5) is 0 Å². The number of hydrogen-bond donors (Lipinski definition) is 0. The minimum atomic E-state index is -0.359. The van der Waals surface area contributed by atoms with E-state index in [9.17, 15) is 4.79 Å². The summed E-state index contributed by atoms with van der Waals surface area (Å²) >= 11 is 0. The molecule has 0 amide bonds. The van der Waals surface area contributed by atoms with Crippen molar-refractivity contribution >= 4 is 0 Å². The highest BCUT2D eigenvalue weighted by molar-refractivity contribution is 4.82. The maximum absolute atomic E-state index is 10.1. The average molecular weight is 95.1 g/mol. The third kappa shape index (κ3) is 0.892. The fourth-order valence-corrected chi connectivity index (χ4v) is 0.291. The van der Waals surface area contributed by atoms with Crippen LogP contribution in [0.15, 0.2) is 27.6 Å². The molecule has 0 aliphatic heterocycles. The van der Waals surface area contributed by atoms with Crippen LogP contribution < -0.4 is 5.63 Å². The van der Waals surface area contributed by atoms with Gasteiger partial charge >= 0.3 is 5.63 Å². The van der Waals surface area contributed by atoms with Crippen molar-refractivity contribution in [3.8, 4) is 0 Å². The molecular formula is C5H3O2. The molecule has 1 heterocycles. The molecule has 0 aliphatic rings. The predicted molar refractivity (Wildman–Crippen MR) is 23.8 cm³/mol. The SMILES string of the molecule is O=c1c[c]cco1. The Morgan fingerprint density at radius 2 is 2.57 bits per heavy atom. The van der Waals surface area contributed by atoms with Crippen LogP contribution in [0.1, 0.15) is 0 Å². The normalized spacial score (nSPS) is 8.57. The molecule has 0 N–H and O–H groups in total. The summed E-state index contributed by atoms with van der Waals surface area (Å²) in [6.07, 6.45) is 1.29. The molecule has 0 fully saturated rings. The van der Waals surface area contributed by atoms with E-state index >= 15 is 0 Å². The van der Waals surface area contributed by atoms with Crippen LogP contribution in [0, 0.1) is 6.07 Å². The minimum Gasteiger partial charge on any atom is -0.431 e.